The number of fused-ring (bicyclic) bond motifs is 1. The molecule has 2 aromatic rings. The predicted molar refractivity (Wildman–Crippen MR) is 79.1 cm³/mol. The molecule has 1 N–H and O–H groups in total. The van der Waals surface area contributed by atoms with E-state index >= 15 is 0 Å². The molecule has 1 aliphatic heterocycles. The maximum atomic E-state index is 12.3. The molecule has 0 saturated heterocycles. The number of amides is 1. The van der Waals surface area contributed by atoms with E-state index in [4.69, 9.17) is 9.47 Å². The van der Waals surface area contributed by atoms with Gasteiger partial charge < -0.3 is 14.8 Å². The Labute approximate surface area is 122 Å². The lowest BCUT2D eigenvalue weighted by Crippen LogP contribution is -2.17. The van der Waals surface area contributed by atoms with Crippen LogP contribution in [0.4, 0.5) is 5.69 Å². The Morgan fingerprint density at radius 3 is 2.71 bits per heavy atom. The number of aromatic nitrogens is 1. The number of rotatable bonds is 2. The van der Waals surface area contributed by atoms with Crippen molar-refractivity contribution in [1.82, 2.24) is 4.98 Å². The number of aryl methyl sites for hydroxylation is 1. The second kappa shape index (κ2) is 5.44. The normalized spacial score (nSPS) is 12.9. The fourth-order valence-electron chi connectivity index (χ4n) is 2.21. The standard InChI is InChI=1S/C16H16N2O3/c1-10-11(2)17-6-5-13(10)16(19)18-12-3-4-14-15(9-12)21-8-7-20-14/h3-6,9H,7-8H2,1-2H3,(H,18,19). The fraction of sp³-hybridized carbons (Fsp3) is 0.250. The molecule has 108 valence electrons. The molecule has 1 aromatic carbocycles. The zero-order valence-electron chi connectivity index (χ0n) is 12.0. The summed E-state index contributed by atoms with van der Waals surface area (Å²) in [5.74, 6) is 1.20. The second-order valence-electron chi connectivity index (χ2n) is 4.88. The van der Waals surface area contributed by atoms with Gasteiger partial charge in [-0.1, -0.05) is 0 Å². The van der Waals surface area contributed by atoms with E-state index in [0.717, 1.165) is 11.3 Å². The van der Waals surface area contributed by atoms with Crippen LogP contribution in [-0.4, -0.2) is 24.1 Å². The number of benzene rings is 1. The van der Waals surface area contributed by atoms with E-state index in [1.165, 1.54) is 0 Å². The van der Waals surface area contributed by atoms with Crippen LogP contribution in [0, 0.1) is 13.8 Å². The van der Waals surface area contributed by atoms with E-state index in [1.54, 1.807) is 30.5 Å². The highest BCUT2D eigenvalue weighted by atomic mass is 16.6. The molecule has 0 radical (unpaired) electrons. The first-order valence-corrected chi connectivity index (χ1v) is 6.78. The van der Waals surface area contributed by atoms with Crippen molar-refractivity contribution in [3.63, 3.8) is 0 Å². The minimum atomic E-state index is -0.158. The van der Waals surface area contributed by atoms with Crippen molar-refractivity contribution in [2.45, 2.75) is 13.8 Å². The van der Waals surface area contributed by atoms with E-state index in [-0.39, 0.29) is 5.91 Å². The highest BCUT2D eigenvalue weighted by molar-refractivity contribution is 6.05. The summed E-state index contributed by atoms with van der Waals surface area (Å²) in [6.45, 7) is 4.85. The monoisotopic (exact) mass is 284 g/mol. The van der Waals surface area contributed by atoms with Crippen molar-refractivity contribution in [3.8, 4) is 11.5 Å². The van der Waals surface area contributed by atoms with Crippen LogP contribution in [0.15, 0.2) is 30.5 Å². The Balaban J connectivity index is 1.83. The van der Waals surface area contributed by atoms with E-state index in [0.29, 0.717) is 36.0 Å². The van der Waals surface area contributed by atoms with Crippen molar-refractivity contribution >= 4 is 11.6 Å². The molecule has 1 aliphatic rings. The summed E-state index contributed by atoms with van der Waals surface area (Å²) in [4.78, 5) is 16.5. The van der Waals surface area contributed by atoms with E-state index in [1.807, 2.05) is 13.8 Å². The van der Waals surface area contributed by atoms with E-state index in [9.17, 15) is 4.79 Å². The van der Waals surface area contributed by atoms with Crippen LogP contribution in [0.25, 0.3) is 0 Å². The summed E-state index contributed by atoms with van der Waals surface area (Å²) in [6.07, 6.45) is 1.64. The van der Waals surface area contributed by atoms with Crippen LogP contribution in [0.2, 0.25) is 0 Å². The average molecular weight is 284 g/mol. The van der Waals surface area contributed by atoms with Crippen molar-refractivity contribution in [3.05, 3.63) is 47.3 Å². The Hall–Kier alpha value is -2.56. The van der Waals surface area contributed by atoms with Crippen molar-refractivity contribution in [1.29, 1.82) is 0 Å². The fourth-order valence-corrected chi connectivity index (χ4v) is 2.21. The molecule has 0 spiro atoms. The number of anilines is 1. The summed E-state index contributed by atoms with van der Waals surface area (Å²) in [6, 6.07) is 7.09. The molecule has 3 rings (SSSR count). The molecule has 2 heterocycles. The summed E-state index contributed by atoms with van der Waals surface area (Å²) < 4.78 is 11.0. The van der Waals surface area contributed by atoms with Crippen LogP contribution >= 0.6 is 0 Å². The zero-order chi connectivity index (χ0) is 14.8. The summed E-state index contributed by atoms with van der Waals surface area (Å²) in [5.41, 5.74) is 3.04. The van der Waals surface area contributed by atoms with Gasteiger partial charge in [0.25, 0.3) is 5.91 Å². The lowest BCUT2D eigenvalue weighted by Gasteiger charge is -2.19. The Bertz CT molecular complexity index is 698. The van der Waals surface area contributed by atoms with Gasteiger partial charge in [0.15, 0.2) is 11.5 Å². The van der Waals surface area contributed by atoms with Gasteiger partial charge >= 0.3 is 0 Å². The van der Waals surface area contributed by atoms with E-state index in [2.05, 4.69) is 10.3 Å². The maximum absolute atomic E-state index is 12.3. The van der Waals surface area contributed by atoms with Crippen LogP contribution in [0.3, 0.4) is 0 Å². The number of hydrogen-bond donors (Lipinski definition) is 1. The van der Waals surface area contributed by atoms with Gasteiger partial charge in [-0.3, -0.25) is 9.78 Å². The molecule has 5 nitrogen and oxygen atoms in total. The van der Waals surface area contributed by atoms with Crippen LogP contribution in [0.1, 0.15) is 21.6 Å². The Morgan fingerprint density at radius 1 is 1.14 bits per heavy atom. The number of nitrogens with one attached hydrogen (secondary N) is 1. The van der Waals surface area contributed by atoms with Gasteiger partial charge in [0, 0.05) is 29.2 Å². The first kappa shape index (κ1) is 13.4. The molecule has 1 amide bonds. The molecule has 1 aromatic heterocycles. The van der Waals surface area contributed by atoms with Gasteiger partial charge in [-0.15, -0.1) is 0 Å². The third-order valence-corrected chi connectivity index (χ3v) is 3.50. The minimum absolute atomic E-state index is 0.158. The minimum Gasteiger partial charge on any atom is -0.486 e. The van der Waals surface area contributed by atoms with E-state index < -0.39 is 0 Å². The lowest BCUT2D eigenvalue weighted by molar-refractivity contribution is 0.102. The quantitative estimate of drug-likeness (QED) is 0.921. The first-order chi connectivity index (χ1) is 10.1. The molecular weight excluding hydrogens is 268 g/mol. The van der Waals surface area contributed by atoms with Gasteiger partial charge in [-0.2, -0.15) is 0 Å². The highest BCUT2D eigenvalue weighted by Crippen LogP contribution is 2.32. The van der Waals surface area contributed by atoms with Gasteiger partial charge in [-0.05, 0) is 37.6 Å². The lowest BCUT2D eigenvalue weighted by atomic mass is 10.1. The number of carbonyl (C=O) groups is 1. The number of hydrogen-bond acceptors (Lipinski definition) is 4. The average Bonchev–Trinajstić information content (AvgIpc) is 2.50. The highest BCUT2D eigenvalue weighted by Gasteiger charge is 2.15. The second-order valence-corrected chi connectivity index (χ2v) is 4.88. The summed E-state index contributed by atoms with van der Waals surface area (Å²) in [5, 5.41) is 2.87. The van der Waals surface area contributed by atoms with Gasteiger partial charge in [0.1, 0.15) is 13.2 Å². The zero-order valence-corrected chi connectivity index (χ0v) is 12.0. The Kier molecular flexibility index (Phi) is 3.48. The SMILES string of the molecule is Cc1nccc(C(=O)Nc2ccc3c(c2)OCCO3)c1C. The Morgan fingerprint density at radius 2 is 1.90 bits per heavy atom. The number of ether oxygens (including phenoxy) is 2. The van der Waals surface area contributed by atoms with Crippen molar-refractivity contribution in [2.24, 2.45) is 0 Å². The number of nitrogens with zero attached hydrogens (tertiary/aromatic N) is 1. The molecule has 0 saturated carbocycles. The molecule has 0 atom stereocenters. The third-order valence-electron chi connectivity index (χ3n) is 3.50. The van der Waals surface area contributed by atoms with Crippen LogP contribution in [-0.2, 0) is 0 Å². The molecule has 0 aliphatic carbocycles. The molecule has 0 unspecified atom stereocenters. The molecular formula is C16H16N2O3. The van der Waals surface area contributed by atoms with Gasteiger partial charge in [0.05, 0.1) is 0 Å². The van der Waals surface area contributed by atoms with Crippen LogP contribution in [0.5, 0.6) is 11.5 Å². The summed E-state index contributed by atoms with van der Waals surface area (Å²) in [7, 11) is 0. The molecule has 0 bridgehead atoms. The smallest absolute Gasteiger partial charge is 0.256 e. The van der Waals surface area contributed by atoms with Crippen molar-refractivity contribution < 1.29 is 14.3 Å². The number of pyridine rings is 1. The van der Waals surface area contributed by atoms with Gasteiger partial charge in [0.2, 0.25) is 0 Å². The predicted octanol–water partition coefficient (Wildman–Crippen LogP) is 2.72. The first-order valence-electron chi connectivity index (χ1n) is 6.78. The van der Waals surface area contributed by atoms with Crippen LogP contribution < -0.4 is 14.8 Å². The molecule has 21 heavy (non-hydrogen) atoms. The number of carbonyl (C=O) groups excluding carboxylic acids is 1. The van der Waals surface area contributed by atoms with Gasteiger partial charge in [-0.25, -0.2) is 0 Å². The molecule has 5 heteroatoms. The topological polar surface area (TPSA) is 60.5 Å². The summed E-state index contributed by atoms with van der Waals surface area (Å²) >= 11 is 0. The maximum Gasteiger partial charge on any atom is 0.256 e. The molecule has 0 fully saturated rings. The third kappa shape index (κ3) is 2.67. The largest absolute Gasteiger partial charge is 0.486 e. The van der Waals surface area contributed by atoms with Crippen molar-refractivity contribution in [2.75, 3.05) is 18.5 Å².